The lowest BCUT2D eigenvalue weighted by atomic mass is 10.1. The second-order valence-electron chi connectivity index (χ2n) is 7.70. The van der Waals surface area contributed by atoms with Gasteiger partial charge >= 0.3 is 6.18 Å². The highest BCUT2D eigenvalue weighted by molar-refractivity contribution is 8.19. The fourth-order valence-corrected chi connectivity index (χ4v) is 4.74. The molecule has 0 bridgehead atoms. The van der Waals surface area contributed by atoms with E-state index in [1.807, 2.05) is 18.2 Å². The van der Waals surface area contributed by atoms with E-state index in [1.54, 1.807) is 31.2 Å². The highest BCUT2D eigenvalue weighted by Gasteiger charge is 2.39. The van der Waals surface area contributed by atoms with E-state index in [9.17, 15) is 22.8 Å². The van der Waals surface area contributed by atoms with Crippen LogP contribution in [0.1, 0.15) is 23.6 Å². The number of amides is 2. The van der Waals surface area contributed by atoms with Crippen molar-refractivity contribution in [3.05, 3.63) is 92.3 Å². The number of hydrogen-bond donors (Lipinski definition) is 0. The number of halogens is 5. The smallest absolute Gasteiger partial charge is 0.417 e. The van der Waals surface area contributed by atoms with Crippen molar-refractivity contribution in [2.75, 3.05) is 11.5 Å². The summed E-state index contributed by atoms with van der Waals surface area (Å²) in [5.41, 5.74) is -0.0317. The minimum Gasteiger partial charge on any atom is -0.490 e. The van der Waals surface area contributed by atoms with Gasteiger partial charge in [0.1, 0.15) is 6.61 Å². The van der Waals surface area contributed by atoms with Gasteiger partial charge in [0.15, 0.2) is 11.5 Å². The number of hydrogen-bond acceptors (Lipinski definition) is 5. The maximum Gasteiger partial charge on any atom is 0.417 e. The molecule has 1 aliphatic heterocycles. The Morgan fingerprint density at radius 3 is 2.41 bits per heavy atom. The Hall–Kier alpha value is -3.14. The summed E-state index contributed by atoms with van der Waals surface area (Å²) in [6, 6.07) is 15.1. The van der Waals surface area contributed by atoms with Crippen molar-refractivity contribution in [1.29, 1.82) is 0 Å². The molecule has 1 heterocycles. The third kappa shape index (κ3) is 6.06. The Balaban J connectivity index is 1.58. The molecule has 0 atom stereocenters. The van der Waals surface area contributed by atoms with Gasteiger partial charge in [0.05, 0.1) is 27.8 Å². The topological polar surface area (TPSA) is 55.8 Å². The van der Waals surface area contributed by atoms with Crippen LogP contribution in [0.25, 0.3) is 6.08 Å². The third-order valence-corrected chi connectivity index (χ3v) is 6.78. The second-order valence-corrected chi connectivity index (χ2v) is 9.51. The van der Waals surface area contributed by atoms with Crippen molar-refractivity contribution in [3.63, 3.8) is 0 Å². The van der Waals surface area contributed by atoms with E-state index in [-0.39, 0.29) is 17.2 Å². The summed E-state index contributed by atoms with van der Waals surface area (Å²) in [5.74, 6) is 0.116. The lowest BCUT2D eigenvalue weighted by Gasteiger charge is -2.16. The van der Waals surface area contributed by atoms with Crippen LogP contribution >= 0.6 is 35.0 Å². The van der Waals surface area contributed by atoms with E-state index in [0.717, 1.165) is 11.6 Å². The first kappa shape index (κ1) is 26.9. The number of ether oxygens (including phenoxy) is 2. The average molecular weight is 568 g/mol. The Morgan fingerprint density at radius 2 is 1.70 bits per heavy atom. The highest BCUT2D eigenvalue weighted by Crippen LogP contribution is 2.41. The summed E-state index contributed by atoms with van der Waals surface area (Å²) in [6.45, 7) is 2.36. The van der Waals surface area contributed by atoms with Gasteiger partial charge in [-0.25, -0.2) is 4.90 Å². The quantitative estimate of drug-likeness (QED) is 0.269. The van der Waals surface area contributed by atoms with Crippen LogP contribution in [0.4, 0.5) is 23.7 Å². The molecule has 3 aromatic carbocycles. The van der Waals surface area contributed by atoms with Gasteiger partial charge in [-0.2, -0.15) is 13.2 Å². The molecule has 192 valence electrons. The molecule has 4 rings (SSSR count). The molecule has 2 amide bonds. The van der Waals surface area contributed by atoms with E-state index in [1.165, 1.54) is 12.1 Å². The molecule has 1 aliphatic rings. The van der Waals surface area contributed by atoms with E-state index in [0.29, 0.717) is 51.4 Å². The van der Waals surface area contributed by atoms with Gasteiger partial charge in [-0.05, 0) is 66.7 Å². The number of benzene rings is 3. The van der Waals surface area contributed by atoms with Crippen LogP contribution in [0.5, 0.6) is 11.5 Å². The first-order chi connectivity index (χ1) is 17.6. The normalized spacial score (nSPS) is 15.0. The fraction of sp³-hybridized carbons (Fsp3) is 0.154. The van der Waals surface area contributed by atoms with Gasteiger partial charge in [-0.1, -0.05) is 47.5 Å². The molecule has 0 unspecified atom stereocenters. The maximum absolute atomic E-state index is 13.3. The molecule has 1 saturated heterocycles. The zero-order valence-electron chi connectivity index (χ0n) is 19.1. The summed E-state index contributed by atoms with van der Waals surface area (Å²) < 4.78 is 51.3. The molecule has 0 aliphatic carbocycles. The molecule has 0 aromatic heterocycles. The van der Waals surface area contributed by atoms with Crippen molar-refractivity contribution in [1.82, 2.24) is 0 Å². The first-order valence-electron chi connectivity index (χ1n) is 10.9. The SMILES string of the molecule is CCOc1cc(/C=C2\SC(=O)N(c3ccc(Cl)c(C(F)(F)F)c3)C2=O)ccc1OCc1ccccc1Cl. The second kappa shape index (κ2) is 11.1. The van der Waals surface area contributed by atoms with E-state index >= 15 is 0 Å². The van der Waals surface area contributed by atoms with Crippen molar-refractivity contribution >= 4 is 57.9 Å². The number of rotatable bonds is 7. The molecular weight excluding hydrogens is 550 g/mol. The number of nitrogens with zero attached hydrogens (tertiary/aromatic N) is 1. The molecule has 37 heavy (non-hydrogen) atoms. The summed E-state index contributed by atoms with van der Waals surface area (Å²) >= 11 is 12.5. The van der Waals surface area contributed by atoms with Crippen LogP contribution in [0.3, 0.4) is 0 Å². The molecule has 0 radical (unpaired) electrons. The van der Waals surface area contributed by atoms with Crippen LogP contribution < -0.4 is 14.4 Å². The van der Waals surface area contributed by atoms with Crippen molar-refractivity contribution in [3.8, 4) is 11.5 Å². The minimum atomic E-state index is -4.74. The van der Waals surface area contributed by atoms with Crippen molar-refractivity contribution in [2.24, 2.45) is 0 Å². The lowest BCUT2D eigenvalue weighted by molar-refractivity contribution is -0.137. The molecule has 0 N–H and O–H groups in total. The molecule has 3 aromatic rings. The fourth-order valence-electron chi connectivity index (χ4n) is 3.48. The zero-order valence-corrected chi connectivity index (χ0v) is 21.5. The largest absolute Gasteiger partial charge is 0.490 e. The molecular formula is C26H18Cl2F3NO4S. The first-order valence-corrected chi connectivity index (χ1v) is 12.4. The third-order valence-electron chi connectivity index (χ3n) is 5.21. The number of thioether (sulfide) groups is 1. The number of carbonyl (C=O) groups is 2. The van der Waals surface area contributed by atoms with Gasteiger partial charge < -0.3 is 9.47 Å². The van der Waals surface area contributed by atoms with Gasteiger partial charge in [0, 0.05) is 10.6 Å². The summed E-state index contributed by atoms with van der Waals surface area (Å²) in [7, 11) is 0. The molecule has 11 heteroatoms. The van der Waals surface area contributed by atoms with Crippen LogP contribution in [0.15, 0.2) is 65.6 Å². The number of alkyl halides is 3. The molecule has 0 spiro atoms. The van der Waals surface area contributed by atoms with Crippen molar-refractivity contribution < 1.29 is 32.2 Å². The van der Waals surface area contributed by atoms with Crippen LogP contribution in [-0.4, -0.2) is 17.8 Å². The summed E-state index contributed by atoms with van der Waals surface area (Å²) in [6.07, 6.45) is -3.28. The van der Waals surface area contributed by atoms with Crippen LogP contribution in [0.2, 0.25) is 10.0 Å². The van der Waals surface area contributed by atoms with Gasteiger partial charge in [0.25, 0.3) is 11.1 Å². The van der Waals surface area contributed by atoms with Gasteiger partial charge in [0.2, 0.25) is 0 Å². The average Bonchev–Trinajstić information content (AvgIpc) is 3.12. The Bertz CT molecular complexity index is 1390. The molecule has 1 fully saturated rings. The Morgan fingerprint density at radius 1 is 0.946 bits per heavy atom. The predicted molar refractivity (Wildman–Crippen MR) is 138 cm³/mol. The van der Waals surface area contributed by atoms with Gasteiger partial charge in [-0.3, -0.25) is 9.59 Å². The summed E-state index contributed by atoms with van der Waals surface area (Å²) in [4.78, 5) is 26.3. The molecule has 5 nitrogen and oxygen atoms in total. The van der Waals surface area contributed by atoms with E-state index < -0.39 is 27.9 Å². The molecule has 0 saturated carbocycles. The van der Waals surface area contributed by atoms with Gasteiger partial charge in [-0.15, -0.1) is 0 Å². The minimum absolute atomic E-state index is 0.0423. The van der Waals surface area contributed by atoms with Crippen LogP contribution in [-0.2, 0) is 17.6 Å². The van der Waals surface area contributed by atoms with Crippen molar-refractivity contribution in [2.45, 2.75) is 19.7 Å². The number of anilines is 1. The Kier molecular flexibility index (Phi) is 8.06. The number of carbonyl (C=O) groups excluding carboxylic acids is 2. The summed E-state index contributed by atoms with van der Waals surface area (Å²) in [5, 5.41) is -0.689. The maximum atomic E-state index is 13.3. The Labute approximate surface area is 224 Å². The standard InChI is InChI=1S/C26H18Cl2F3NO4S/c1-2-35-22-11-15(7-10-21(22)36-14-16-5-3-4-6-19(16)27)12-23-24(33)32(25(34)37-23)17-8-9-20(28)18(13-17)26(29,30)31/h3-13H,2,14H2,1H3/b23-12-. The van der Waals surface area contributed by atoms with E-state index in [2.05, 4.69) is 0 Å². The monoisotopic (exact) mass is 567 g/mol. The zero-order chi connectivity index (χ0) is 26.7. The predicted octanol–water partition coefficient (Wildman–Crippen LogP) is 8.23. The number of imide groups is 1. The lowest BCUT2D eigenvalue weighted by Crippen LogP contribution is -2.28. The highest BCUT2D eigenvalue weighted by atomic mass is 35.5. The van der Waals surface area contributed by atoms with E-state index in [4.69, 9.17) is 32.7 Å². The van der Waals surface area contributed by atoms with Crippen LogP contribution in [0, 0.1) is 0 Å².